The zero-order valence-corrected chi connectivity index (χ0v) is 12.5. The van der Waals surface area contributed by atoms with Crippen LogP contribution >= 0.6 is 0 Å². The Bertz CT molecular complexity index is 748. The maximum Gasteiger partial charge on any atom is 0.344 e. The van der Waals surface area contributed by atoms with Crippen molar-refractivity contribution in [3.63, 3.8) is 0 Å². The molecule has 3 rings (SSSR count). The fourth-order valence-electron chi connectivity index (χ4n) is 2.15. The van der Waals surface area contributed by atoms with Crippen molar-refractivity contribution in [2.45, 2.75) is 13.8 Å². The second kappa shape index (κ2) is 5.99. The highest BCUT2D eigenvalue weighted by molar-refractivity contribution is 5.96. The van der Waals surface area contributed by atoms with Crippen molar-refractivity contribution in [1.82, 2.24) is 5.16 Å². The van der Waals surface area contributed by atoms with E-state index in [1.165, 1.54) is 0 Å². The summed E-state index contributed by atoms with van der Waals surface area (Å²) in [5.41, 5.74) is 1.18. The van der Waals surface area contributed by atoms with Gasteiger partial charge < -0.3 is 24.1 Å². The lowest BCUT2D eigenvalue weighted by atomic mass is 10.2. The molecule has 2 heterocycles. The van der Waals surface area contributed by atoms with Crippen LogP contribution in [0.3, 0.4) is 0 Å². The molecule has 0 spiro atoms. The normalized spacial score (nSPS) is 12.1. The largest absolute Gasteiger partial charge is 0.454 e. The second-order valence-corrected chi connectivity index (χ2v) is 4.89. The Morgan fingerprint density at radius 1 is 1.26 bits per heavy atom. The Morgan fingerprint density at radius 2 is 2.04 bits per heavy atom. The number of ether oxygens (including phenoxy) is 3. The summed E-state index contributed by atoms with van der Waals surface area (Å²) in [6.45, 7) is 2.96. The maximum absolute atomic E-state index is 11.9. The fraction of sp³-hybridized carbons (Fsp3) is 0.267. The highest BCUT2D eigenvalue weighted by Gasteiger charge is 2.20. The molecule has 2 aromatic rings. The summed E-state index contributed by atoms with van der Waals surface area (Å²) in [5.74, 6) is 0.401. The molecule has 0 radical (unpaired) electrons. The monoisotopic (exact) mass is 318 g/mol. The minimum absolute atomic E-state index is 0.155. The van der Waals surface area contributed by atoms with Crippen LogP contribution in [0.2, 0.25) is 0 Å². The van der Waals surface area contributed by atoms with Crippen LogP contribution in [-0.4, -0.2) is 30.4 Å². The summed E-state index contributed by atoms with van der Waals surface area (Å²) in [4.78, 5) is 23.8. The zero-order chi connectivity index (χ0) is 16.4. The van der Waals surface area contributed by atoms with Gasteiger partial charge in [-0.1, -0.05) is 5.16 Å². The molecule has 0 bridgehead atoms. The summed E-state index contributed by atoms with van der Waals surface area (Å²) >= 11 is 0. The molecule has 120 valence electrons. The highest BCUT2D eigenvalue weighted by Crippen LogP contribution is 2.34. The number of aromatic nitrogens is 1. The van der Waals surface area contributed by atoms with Gasteiger partial charge in [0.15, 0.2) is 18.1 Å². The summed E-state index contributed by atoms with van der Waals surface area (Å²) in [6.07, 6.45) is 0. The van der Waals surface area contributed by atoms with Crippen LogP contribution in [0.25, 0.3) is 0 Å². The number of fused-ring (bicyclic) bond motifs is 1. The SMILES string of the molecule is Cc1noc(C)c1C(=O)OCC(=O)Nc1ccc2c(c1)OCO2. The Hall–Kier alpha value is -3.03. The van der Waals surface area contributed by atoms with Crippen molar-refractivity contribution in [1.29, 1.82) is 0 Å². The Balaban J connectivity index is 1.57. The molecular weight excluding hydrogens is 304 g/mol. The Kier molecular flexibility index (Phi) is 3.88. The van der Waals surface area contributed by atoms with Gasteiger partial charge in [-0.3, -0.25) is 4.79 Å². The van der Waals surface area contributed by atoms with Gasteiger partial charge in [-0.05, 0) is 26.0 Å². The van der Waals surface area contributed by atoms with Crippen molar-refractivity contribution in [3.05, 3.63) is 35.2 Å². The predicted octanol–water partition coefficient (Wildman–Crippen LogP) is 1.82. The topological polar surface area (TPSA) is 99.9 Å². The molecule has 0 aliphatic carbocycles. The second-order valence-electron chi connectivity index (χ2n) is 4.89. The number of nitrogens with zero attached hydrogens (tertiary/aromatic N) is 1. The quantitative estimate of drug-likeness (QED) is 0.858. The van der Waals surface area contributed by atoms with Crippen molar-refractivity contribution in [2.75, 3.05) is 18.7 Å². The van der Waals surface area contributed by atoms with E-state index in [1.54, 1.807) is 32.0 Å². The van der Waals surface area contributed by atoms with Gasteiger partial charge in [-0.2, -0.15) is 0 Å². The Labute approximate surface area is 131 Å². The average Bonchev–Trinajstić information content (AvgIpc) is 3.11. The van der Waals surface area contributed by atoms with Gasteiger partial charge in [0.1, 0.15) is 11.3 Å². The van der Waals surface area contributed by atoms with E-state index < -0.39 is 18.5 Å². The van der Waals surface area contributed by atoms with E-state index >= 15 is 0 Å². The summed E-state index contributed by atoms with van der Waals surface area (Å²) in [5, 5.41) is 6.27. The number of rotatable bonds is 4. The van der Waals surface area contributed by atoms with E-state index in [2.05, 4.69) is 10.5 Å². The molecule has 0 fully saturated rings. The number of carbonyl (C=O) groups excluding carboxylic acids is 2. The number of anilines is 1. The summed E-state index contributed by atoms with van der Waals surface area (Å²) < 4.78 is 20.3. The van der Waals surface area contributed by atoms with E-state index in [-0.39, 0.29) is 12.4 Å². The summed E-state index contributed by atoms with van der Waals surface area (Å²) in [6, 6.07) is 4.99. The van der Waals surface area contributed by atoms with Crippen LogP contribution in [-0.2, 0) is 9.53 Å². The number of amides is 1. The lowest BCUT2D eigenvalue weighted by molar-refractivity contribution is -0.119. The molecule has 0 atom stereocenters. The van der Waals surface area contributed by atoms with E-state index in [0.29, 0.717) is 28.6 Å². The molecule has 8 nitrogen and oxygen atoms in total. The average molecular weight is 318 g/mol. The Morgan fingerprint density at radius 3 is 2.78 bits per heavy atom. The molecule has 23 heavy (non-hydrogen) atoms. The third-order valence-electron chi connectivity index (χ3n) is 3.23. The van der Waals surface area contributed by atoms with Gasteiger partial charge >= 0.3 is 5.97 Å². The van der Waals surface area contributed by atoms with Gasteiger partial charge in [-0.25, -0.2) is 4.79 Å². The lowest BCUT2D eigenvalue weighted by Gasteiger charge is -2.07. The van der Waals surface area contributed by atoms with Gasteiger partial charge in [0.2, 0.25) is 6.79 Å². The first-order chi connectivity index (χ1) is 11.0. The standard InChI is InChI=1S/C15H14N2O6/c1-8-14(9(2)23-17-8)15(19)20-6-13(18)16-10-3-4-11-12(5-10)22-7-21-11/h3-5H,6-7H2,1-2H3,(H,16,18). The van der Waals surface area contributed by atoms with Crippen LogP contribution in [0.1, 0.15) is 21.8 Å². The third kappa shape index (κ3) is 3.10. The van der Waals surface area contributed by atoms with Gasteiger partial charge in [0, 0.05) is 11.8 Å². The minimum atomic E-state index is -0.651. The lowest BCUT2D eigenvalue weighted by Crippen LogP contribution is -2.21. The molecule has 1 aliphatic rings. The third-order valence-corrected chi connectivity index (χ3v) is 3.23. The molecule has 0 saturated carbocycles. The number of hydrogen-bond donors (Lipinski definition) is 1. The smallest absolute Gasteiger partial charge is 0.344 e. The van der Waals surface area contributed by atoms with E-state index in [9.17, 15) is 9.59 Å². The van der Waals surface area contributed by atoms with Crippen LogP contribution in [0.15, 0.2) is 22.7 Å². The first-order valence-electron chi connectivity index (χ1n) is 6.84. The van der Waals surface area contributed by atoms with E-state index in [0.717, 1.165) is 0 Å². The van der Waals surface area contributed by atoms with E-state index in [1.807, 2.05) is 0 Å². The van der Waals surface area contributed by atoms with Gasteiger partial charge in [0.25, 0.3) is 5.91 Å². The van der Waals surface area contributed by atoms with Gasteiger partial charge in [-0.15, -0.1) is 0 Å². The first kappa shape index (κ1) is 14.9. The molecule has 8 heteroatoms. The molecule has 1 N–H and O–H groups in total. The van der Waals surface area contributed by atoms with Crippen LogP contribution in [0.5, 0.6) is 11.5 Å². The number of hydrogen-bond acceptors (Lipinski definition) is 7. The first-order valence-corrected chi connectivity index (χ1v) is 6.84. The number of nitrogens with one attached hydrogen (secondary N) is 1. The minimum Gasteiger partial charge on any atom is -0.454 e. The van der Waals surface area contributed by atoms with Crippen molar-refractivity contribution in [3.8, 4) is 11.5 Å². The molecule has 1 amide bonds. The fourth-order valence-corrected chi connectivity index (χ4v) is 2.15. The van der Waals surface area contributed by atoms with Crippen LogP contribution in [0, 0.1) is 13.8 Å². The molecular formula is C15H14N2O6. The number of esters is 1. The summed E-state index contributed by atoms with van der Waals surface area (Å²) in [7, 11) is 0. The van der Waals surface area contributed by atoms with Crippen molar-refractivity contribution < 1.29 is 28.3 Å². The van der Waals surface area contributed by atoms with Gasteiger partial charge in [0.05, 0.1) is 5.69 Å². The predicted molar refractivity (Wildman–Crippen MR) is 77.5 cm³/mol. The van der Waals surface area contributed by atoms with Crippen molar-refractivity contribution >= 4 is 17.6 Å². The molecule has 0 unspecified atom stereocenters. The number of carbonyl (C=O) groups is 2. The molecule has 1 aliphatic heterocycles. The van der Waals surface area contributed by atoms with E-state index in [4.69, 9.17) is 18.7 Å². The zero-order valence-electron chi connectivity index (χ0n) is 12.5. The maximum atomic E-state index is 11.9. The van der Waals surface area contributed by atoms with Crippen LogP contribution < -0.4 is 14.8 Å². The van der Waals surface area contributed by atoms with Crippen LogP contribution in [0.4, 0.5) is 5.69 Å². The van der Waals surface area contributed by atoms with Crippen molar-refractivity contribution in [2.24, 2.45) is 0 Å². The molecule has 1 aromatic heterocycles. The number of aryl methyl sites for hydroxylation is 2. The highest BCUT2D eigenvalue weighted by atomic mass is 16.7. The number of benzene rings is 1. The molecule has 1 aromatic carbocycles. The molecule has 0 saturated heterocycles.